The highest BCUT2D eigenvalue weighted by molar-refractivity contribution is 5.96. The van der Waals surface area contributed by atoms with E-state index in [0.29, 0.717) is 17.0 Å². The van der Waals surface area contributed by atoms with Crippen LogP contribution >= 0.6 is 0 Å². The zero-order valence-electron chi connectivity index (χ0n) is 11.4. The topological polar surface area (TPSA) is 69.6 Å². The molecule has 1 aromatic carbocycles. The number of carbonyl (C=O) groups excluding carboxylic acids is 1. The molecule has 4 heteroatoms. The van der Waals surface area contributed by atoms with Crippen LogP contribution in [-0.2, 0) is 0 Å². The van der Waals surface area contributed by atoms with Gasteiger partial charge in [-0.2, -0.15) is 0 Å². The van der Waals surface area contributed by atoms with Crippen molar-refractivity contribution >= 4 is 5.91 Å². The Kier molecular flexibility index (Phi) is 4.10. The van der Waals surface area contributed by atoms with Crippen LogP contribution in [0.2, 0.25) is 0 Å². The molecule has 1 aliphatic rings. The first-order chi connectivity index (χ1) is 9.02. The van der Waals surface area contributed by atoms with E-state index in [1.54, 1.807) is 25.1 Å². The van der Waals surface area contributed by atoms with Gasteiger partial charge >= 0.3 is 0 Å². The maximum absolute atomic E-state index is 12.2. The highest BCUT2D eigenvalue weighted by Gasteiger charge is 2.34. The van der Waals surface area contributed by atoms with E-state index in [-0.39, 0.29) is 23.8 Å². The van der Waals surface area contributed by atoms with E-state index in [4.69, 9.17) is 0 Å². The lowest BCUT2D eigenvalue weighted by Gasteiger charge is -2.37. The van der Waals surface area contributed by atoms with Crippen LogP contribution in [-0.4, -0.2) is 28.3 Å². The van der Waals surface area contributed by atoms with Crippen molar-refractivity contribution < 1.29 is 15.0 Å². The van der Waals surface area contributed by atoms with Crippen molar-refractivity contribution in [1.29, 1.82) is 0 Å². The van der Waals surface area contributed by atoms with Crippen molar-refractivity contribution in [1.82, 2.24) is 5.32 Å². The molecule has 0 radical (unpaired) electrons. The summed E-state index contributed by atoms with van der Waals surface area (Å²) in [6.07, 6.45) is 2.16. The highest BCUT2D eigenvalue weighted by Crippen LogP contribution is 2.31. The third kappa shape index (κ3) is 2.89. The molecule has 1 fully saturated rings. The molecule has 0 spiro atoms. The van der Waals surface area contributed by atoms with Gasteiger partial charge in [-0.15, -0.1) is 0 Å². The Balaban J connectivity index is 2.05. The van der Waals surface area contributed by atoms with Crippen molar-refractivity contribution in [3.05, 3.63) is 29.3 Å². The lowest BCUT2D eigenvalue weighted by molar-refractivity contribution is 0.0232. The summed E-state index contributed by atoms with van der Waals surface area (Å²) in [5.41, 5.74) is 1.11. The number of phenolic OH excluding ortho intramolecular Hbond substituents is 1. The number of rotatable bonds is 4. The van der Waals surface area contributed by atoms with E-state index in [2.05, 4.69) is 5.32 Å². The van der Waals surface area contributed by atoms with Crippen LogP contribution in [0.25, 0.3) is 0 Å². The van der Waals surface area contributed by atoms with Gasteiger partial charge < -0.3 is 15.5 Å². The summed E-state index contributed by atoms with van der Waals surface area (Å²) < 4.78 is 0. The molecule has 0 unspecified atom stereocenters. The fraction of sp³-hybridized carbons (Fsp3) is 0.533. The molecule has 1 aliphatic carbocycles. The van der Waals surface area contributed by atoms with Crippen molar-refractivity contribution in [2.45, 2.75) is 45.3 Å². The minimum Gasteiger partial charge on any atom is -0.508 e. The summed E-state index contributed by atoms with van der Waals surface area (Å²) in [5.74, 6) is 0.350. The lowest BCUT2D eigenvalue weighted by Crippen LogP contribution is -2.46. The third-order valence-electron chi connectivity index (χ3n) is 4.02. The van der Waals surface area contributed by atoms with E-state index in [0.717, 1.165) is 19.3 Å². The number of carbonyl (C=O) groups is 1. The van der Waals surface area contributed by atoms with Gasteiger partial charge in [-0.3, -0.25) is 4.79 Å². The number of hydrogen-bond acceptors (Lipinski definition) is 3. The first-order valence-electron chi connectivity index (χ1n) is 6.80. The van der Waals surface area contributed by atoms with Crippen LogP contribution < -0.4 is 5.32 Å². The Morgan fingerprint density at radius 3 is 2.74 bits per heavy atom. The molecule has 0 aliphatic heterocycles. The van der Waals surface area contributed by atoms with E-state index < -0.39 is 0 Å². The second kappa shape index (κ2) is 5.61. The number of aromatic hydroxyl groups is 1. The average Bonchev–Trinajstić information content (AvgIpc) is 2.35. The van der Waals surface area contributed by atoms with Crippen molar-refractivity contribution in [3.8, 4) is 5.75 Å². The predicted octanol–water partition coefficient (Wildman–Crippen LogP) is 1.98. The maximum atomic E-state index is 12.2. The zero-order chi connectivity index (χ0) is 14.0. The molecule has 104 valence electrons. The molecule has 1 aromatic rings. The number of aliphatic hydroxyl groups is 1. The second-order valence-corrected chi connectivity index (χ2v) is 5.32. The number of amides is 1. The monoisotopic (exact) mass is 263 g/mol. The quantitative estimate of drug-likeness (QED) is 0.778. The molecule has 0 aromatic heterocycles. The average molecular weight is 263 g/mol. The van der Waals surface area contributed by atoms with Gasteiger partial charge in [-0.05, 0) is 44.2 Å². The number of hydrogen-bond donors (Lipinski definition) is 3. The normalized spacial score (nSPS) is 23.5. The summed E-state index contributed by atoms with van der Waals surface area (Å²) in [6, 6.07) is 5.06. The summed E-state index contributed by atoms with van der Waals surface area (Å²) in [4.78, 5) is 12.2. The summed E-state index contributed by atoms with van der Waals surface area (Å²) >= 11 is 0. The number of nitrogens with one attached hydrogen (secondary N) is 1. The molecular formula is C15H21NO3. The SMILES string of the molecule is CC[C@@H](NC(=O)c1cccc(O)c1C)C1CC(O)C1. The third-order valence-corrected chi connectivity index (χ3v) is 4.02. The Morgan fingerprint density at radius 2 is 2.16 bits per heavy atom. The second-order valence-electron chi connectivity index (χ2n) is 5.32. The van der Waals surface area contributed by atoms with Crippen molar-refractivity contribution in [2.24, 2.45) is 5.92 Å². The smallest absolute Gasteiger partial charge is 0.251 e. The first kappa shape index (κ1) is 13.9. The van der Waals surface area contributed by atoms with Crippen LogP contribution in [0.5, 0.6) is 5.75 Å². The van der Waals surface area contributed by atoms with Gasteiger partial charge in [0.2, 0.25) is 0 Å². The zero-order valence-corrected chi connectivity index (χ0v) is 11.4. The van der Waals surface area contributed by atoms with E-state index >= 15 is 0 Å². The fourth-order valence-electron chi connectivity index (χ4n) is 2.63. The van der Waals surface area contributed by atoms with Gasteiger partial charge in [0.05, 0.1) is 6.10 Å². The van der Waals surface area contributed by atoms with Crippen LogP contribution in [0.1, 0.15) is 42.1 Å². The Morgan fingerprint density at radius 1 is 1.47 bits per heavy atom. The maximum Gasteiger partial charge on any atom is 0.251 e. The first-order valence-corrected chi connectivity index (χ1v) is 6.80. The van der Waals surface area contributed by atoms with Gasteiger partial charge in [0, 0.05) is 17.2 Å². The molecule has 1 amide bonds. The van der Waals surface area contributed by atoms with Gasteiger partial charge in [0.15, 0.2) is 0 Å². The standard InChI is InChI=1S/C15H21NO3/c1-3-13(10-7-11(17)8-10)16-15(19)12-5-4-6-14(18)9(12)2/h4-6,10-11,13,17-18H,3,7-8H2,1-2H3,(H,16,19)/t10?,11?,13-/m1/s1. The lowest BCUT2D eigenvalue weighted by atomic mass is 9.76. The Bertz CT molecular complexity index is 466. The van der Waals surface area contributed by atoms with E-state index in [1.807, 2.05) is 6.92 Å². The van der Waals surface area contributed by atoms with Crippen LogP contribution in [0, 0.1) is 12.8 Å². The molecule has 2 rings (SSSR count). The van der Waals surface area contributed by atoms with Crippen molar-refractivity contribution in [2.75, 3.05) is 0 Å². The molecule has 19 heavy (non-hydrogen) atoms. The van der Waals surface area contributed by atoms with Crippen molar-refractivity contribution in [3.63, 3.8) is 0 Å². The molecule has 3 N–H and O–H groups in total. The van der Waals surface area contributed by atoms with Crippen LogP contribution in [0.3, 0.4) is 0 Å². The molecule has 1 atom stereocenters. The van der Waals surface area contributed by atoms with Gasteiger partial charge in [0.1, 0.15) is 5.75 Å². The minimum atomic E-state index is -0.210. The molecule has 0 saturated heterocycles. The number of phenols is 1. The Hall–Kier alpha value is -1.55. The summed E-state index contributed by atoms with van der Waals surface area (Å²) in [6.45, 7) is 3.77. The summed E-state index contributed by atoms with van der Waals surface area (Å²) in [5, 5.41) is 22.0. The van der Waals surface area contributed by atoms with Gasteiger partial charge in [-0.1, -0.05) is 13.0 Å². The molecule has 0 bridgehead atoms. The highest BCUT2D eigenvalue weighted by atomic mass is 16.3. The van der Waals surface area contributed by atoms with Gasteiger partial charge in [-0.25, -0.2) is 0 Å². The molecule has 4 nitrogen and oxygen atoms in total. The fourth-order valence-corrected chi connectivity index (χ4v) is 2.63. The van der Waals surface area contributed by atoms with E-state index in [1.165, 1.54) is 0 Å². The number of aliphatic hydroxyl groups excluding tert-OH is 1. The molecular weight excluding hydrogens is 242 g/mol. The predicted molar refractivity (Wildman–Crippen MR) is 73.1 cm³/mol. The Labute approximate surface area is 113 Å². The largest absolute Gasteiger partial charge is 0.508 e. The molecule has 0 heterocycles. The summed E-state index contributed by atoms with van der Waals surface area (Å²) in [7, 11) is 0. The van der Waals surface area contributed by atoms with Gasteiger partial charge in [0.25, 0.3) is 5.91 Å². The van der Waals surface area contributed by atoms with E-state index in [9.17, 15) is 15.0 Å². The number of benzene rings is 1. The minimum absolute atomic E-state index is 0.0950. The van der Waals surface area contributed by atoms with Crippen LogP contribution in [0.4, 0.5) is 0 Å². The van der Waals surface area contributed by atoms with Crippen LogP contribution in [0.15, 0.2) is 18.2 Å². The molecule has 1 saturated carbocycles.